The number of fused-ring (bicyclic) bond motifs is 1. The molecule has 0 aliphatic heterocycles. The van der Waals surface area contributed by atoms with Crippen LogP contribution < -0.4 is 0 Å². The average molecular weight is 227 g/mol. The van der Waals surface area contributed by atoms with Crippen LogP contribution in [0.3, 0.4) is 0 Å². The Labute approximate surface area is 92.8 Å². The van der Waals surface area contributed by atoms with E-state index in [1.165, 1.54) is 0 Å². The van der Waals surface area contributed by atoms with E-state index in [0.717, 1.165) is 33.9 Å². The number of benzene rings is 1. The molecule has 14 heavy (non-hydrogen) atoms. The van der Waals surface area contributed by atoms with Gasteiger partial charge in [0.15, 0.2) is 5.78 Å². The van der Waals surface area contributed by atoms with Gasteiger partial charge in [-0.2, -0.15) is 0 Å². The van der Waals surface area contributed by atoms with Crippen molar-refractivity contribution < 1.29 is 4.79 Å². The number of carbonyl (C=O) groups excluding carboxylic acids is 1. The molecule has 1 aromatic carbocycles. The maximum atomic E-state index is 11.6. The van der Waals surface area contributed by atoms with Gasteiger partial charge in [0.2, 0.25) is 0 Å². The zero-order valence-corrected chi connectivity index (χ0v) is 9.54. The third-order valence-corrected chi connectivity index (χ3v) is 3.73. The number of hydrogen-bond acceptors (Lipinski definition) is 2. The van der Waals surface area contributed by atoms with E-state index in [4.69, 9.17) is 11.6 Å². The van der Waals surface area contributed by atoms with Crippen LogP contribution in [0.2, 0.25) is 5.02 Å². The predicted octanol–water partition coefficient (Wildman–Crippen LogP) is 3.58. The van der Waals surface area contributed by atoms with Crippen molar-refractivity contribution in [3.8, 4) is 0 Å². The van der Waals surface area contributed by atoms with Gasteiger partial charge < -0.3 is 0 Å². The number of rotatable bonds is 1. The zero-order chi connectivity index (χ0) is 10.1. The van der Waals surface area contributed by atoms with E-state index in [9.17, 15) is 4.79 Å². The third-order valence-electron chi connectivity index (χ3n) is 2.53. The Kier molecular flexibility index (Phi) is 2.84. The summed E-state index contributed by atoms with van der Waals surface area (Å²) in [7, 11) is 0. The van der Waals surface area contributed by atoms with Crippen LogP contribution in [0.25, 0.3) is 0 Å². The highest BCUT2D eigenvalue weighted by Gasteiger charge is 2.18. The van der Waals surface area contributed by atoms with Crippen LogP contribution in [-0.2, 0) is 6.42 Å². The van der Waals surface area contributed by atoms with Gasteiger partial charge in [0, 0.05) is 16.9 Å². The summed E-state index contributed by atoms with van der Waals surface area (Å²) in [6.07, 6.45) is 4.60. The van der Waals surface area contributed by atoms with Gasteiger partial charge in [-0.15, -0.1) is 11.8 Å². The molecular weight excluding hydrogens is 216 g/mol. The second-order valence-electron chi connectivity index (χ2n) is 3.42. The van der Waals surface area contributed by atoms with Crippen molar-refractivity contribution >= 4 is 29.1 Å². The fraction of sp³-hybridized carbons (Fsp3) is 0.364. The lowest BCUT2D eigenvalue weighted by Gasteiger charge is -2.16. The quantitative estimate of drug-likeness (QED) is 0.681. The van der Waals surface area contributed by atoms with Gasteiger partial charge in [0.1, 0.15) is 0 Å². The fourth-order valence-electron chi connectivity index (χ4n) is 1.79. The molecule has 0 heterocycles. The summed E-state index contributed by atoms with van der Waals surface area (Å²) >= 11 is 7.66. The second-order valence-corrected chi connectivity index (χ2v) is 4.68. The molecule has 0 saturated heterocycles. The minimum atomic E-state index is 0.262. The van der Waals surface area contributed by atoms with Crippen LogP contribution in [0.5, 0.6) is 0 Å². The molecule has 1 aromatic rings. The van der Waals surface area contributed by atoms with Crippen molar-refractivity contribution in [1.29, 1.82) is 0 Å². The lowest BCUT2D eigenvalue weighted by atomic mass is 9.91. The number of carbonyl (C=O) groups is 1. The highest BCUT2D eigenvalue weighted by molar-refractivity contribution is 7.98. The summed E-state index contributed by atoms with van der Waals surface area (Å²) in [4.78, 5) is 12.6. The van der Waals surface area contributed by atoms with Crippen molar-refractivity contribution in [1.82, 2.24) is 0 Å². The van der Waals surface area contributed by atoms with E-state index in [2.05, 4.69) is 0 Å². The van der Waals surface area contributed by atoms with Gasteiger partial charge in [-0.25, -0.2) is 0 Å². The van der Waals surface area contributed by atoms with Crippen molar-refractivity contribution in [3.63, 3.8) is 0 Å². The summed E-state index contributed by atoms with van der Waals surface area (Å²) in [5.74, 6) is 0.262. The maximum Gasteiger partial charge on any atom is 0.163 e. The van der Waals surface area contributed by atoms with Gasteiger partial charge >= 0.3 is 0 Å². The number of Topliss-reactive ketones (excluding diaryl/α,β-unsaturated/α-hetero) is 1. The summed E-state index contributed by atoms with van der Waals surface area (Å²) in [5.41, 5.74) is 1.99. The zero-order valence-electron chi connectivity index (χ0n) is 7.97. The first-order valence-corrected chi connectivity index (χ1v) is 6.22. The van der Waals surface area contributed by atoms with Crippen LogP contribution in [0, 0.1) is 0 Å². The Morgan fingerprint density at radius 2 is 2.14 bits per heavy atom. The van der Waals surface area contributed by atoms with Gasteiger partial charge in [-0.1, -0.05) is 11.6 Å². The second kappa shape index (κ2) is 3.95. The Balaban J connectivity index is 2.54. The van der Waals surface area contributed by atoms with Crippen molar-refractivity contribution in [2.75, 3.05) is 6.26 Å². The number of ketones is 1. The van der Waals surface area contributed by atoms with E-state index < -0.39 is 0 Å². The molecular formula is C11H11ClOS. The molecule has 0 N–H and O–H groups in total. The third kappa shape index (κ3) is 1.69. The first kappa shape index (κ1) is 10.1. The summed E-state index contributed by atoms with van der Waals surface area (Å²) in [5, 5.41) is 0.769. The highest BCUT2D eigenvalue weighted by atomic mass is 35.5. The number of aryl methyl sites for hydroxylation is 1. The molecule has 0 amide bonds. The maximum absolute atomic E-state index is 11.6. The summed E-state index contributed by atoms with van der Waals surface area (Å²) in [6.45, 7) is 0. The Morgan fingerprint density at radius 1 is 1.36 bits per heavy atom. The van der Waals surface area contributed by atoms with E-state index >= 15 is 0 Å². The first-order chi connectivity index (χ1) is 6.72. The van der Waals surface area contributed by atoms with Gasteiger partial charge in [0.05, 0.1) is 5.02 Å². The fourth-order valence-corrected chi connectivity index (χ4v) is 2.70. The average Bonchev–Trinajstić information content (AvgIpc) is 2.17. The molecule has 0 atom stereocenters. The highest BCUT2D eigenvalue weighted by Crippen LogP contribution is 2.32. The predicted molar refractivity (Wildman–Crippen MR) is 60.5 cm³/mol. The van der Waals surface area contributed by atoms with Gasteiger partial charge in [0.25, 0.3) is 0 Å². The standard InChI is InChI=1S/C11H11ClOS/c1-14-11-6-8-7(5-9(11)12)3-2-4-10(8)13/h5-6H,2-4H2,1H3. The molecule has 3 heteroatoms. The van der Waals surface area contributed by atoms with E-state index in [0.29, 0.717) is 6.42 Å². The molecule has 1 aliphatic carbocycles. The number of thioether (sulfide) groups is 1. The Hall–Kier alpha value is -0.470. The first-order valence-electron chi connectivity index (χ1n) is 4.62. The SMILES string of the molecule is CSc1cc2c(cc1Cl)CCCC2=O. The molecule has 1 aliphatic rings. The van der Waals surface area contributed by atoms with Crippen LogP contribution in [0.4, 0.5) is 0 Å². The van der Waals surface area contributed by atoms with E-state index in [1.807, 2.05) is 18.4 Å². The normalized spacial score (nSPS) is 15.4. The van der Waals surface area contributed by atoms with Crippen molar-refractivity contribution in [2.45, 2.75) is 24.2 Å². The van der Waals surface area contributed by atoms with Crippen LogP contribution >= 0.6 is 23.4 Å². The molecule has 0 spiro atoms. The number of hydrogen-bond donors (Lipinski definition) is 0. The Morgan fingerprint density at radius 3 is 2.86 bits per heavy atom. The van der Waals surface area contributed by atoms with Gasteiger partial charge in [-0.05, 0) is 36.8 Å². The van der Waals surface area contributed by atoms with E-state index in [1.54, 1.807) is 11.8 Å². The van der Waals surface area contributed by atoms with Crippen LogP contribution in [0.1, 0.15) is 28.8 Å². The van der Waals surface area contributed by atoms with Crippen molar-refractivity contribution in [3.05, 3.63) is 28.3 Å². The molecule has 1 nitrogen and oxygen atoms in total. The minimum absolute atomic E-state index is 0.262. The molecule has 2 rings (SSSR count). The molecule has 0 aromatic heterocycles. The summed E-state index contributed by atoms with van der Waals surface area (Å²) < 4.78 is 0. The van der Waals surface area contributed by atoms with Crippen LogP contribution in [0.15, 0.2) is 17.0 Å². The monoisotopic (exact) mass is 226 g/mol. The topological polar surface area (TPSA) is 17.1 Å². The molecule has 0 radical (unpaired) electrons. The Bertz CT molecular complexity index is 387. The van der Waals surface area contributed by atoms with E-state index in [-0.39, 0.29) is 5.78 Å². The minimum Gasteiger partial charge on any atom is -0.294 e. The van der Waals surface area contributed by atoms with Crippen molar-refractivity contribution in [2.24, 2.45) is 0 Å². The molecule has 74 valence electrons. The van der Waals surface area contributed by atoms with Crippen LogP contribution in [-0.4, -0.2) is 12.0 Å². The van der Waals surface area contributed by atoms with Gasteiger partial charge in [-0.3, -0.25) is 4.79 Å². The summed E-state index contributed by atoms with van der Waals surface area (Å²) in [6, 6.07) is 3.88. The smallest absolute Gasteiger partial charge is 0.163 e. The molecule has 0 bridgehead atoms. The molecule has 0 saturated carbocycles. The molecule has 0 unspecified atom stereocenters. The lowest BCUT2D eigenvalue weighted by molar-refractivity contribution is 0.0972. The largest absolute Gasteiger partial charge is 0.294 e. The molecule has 0 fully saturated rings. The number of halogens is 1. The lowest BCUT2D eigenvalue weighted by Crippen LogP contribution is -2.10.